The summed E-state index contributed by atoms with van der Waals surface area (Å²) >= 11 is 5.88. The van der Waals surface area contributed by atoms with E-state index in [9.17, 15) is 14.9 Å². The Morgan fingerprint density at radius 2 is 1.76 bits per heavy atom. The number of nitrogens with zero attached hydrogens (tertiary/aromatic N) is 1. The first-order chi connectivity index (χ1) is 14.0. The number of carbonyl (C=O) groups excluding carboxylic acids is 1. The third-order valence-electron chi connectivity index (χ3n) is 4.36. The van der Waals surface area contributed by atoms with Crippen molar-refractivity contribution in [2.75, 3.05) is 0 Å². The molecule has 144 valence electrons. The normalized spacial score (nSPS) is 13.8. The molecule has 0 spiro atoms. The summed E-state index contributed by atoms with van der Waals surface area (Å²) in [7, 11) is 0. The van der Waals surface area contributed by atoms with E-state index in [1.54, 1.807) is 60.7 Å². The van der Waals surface area contributed by atoms with Crippen molar-refractivity contribution in [1.82, 2.24) is 0 Å². The van der Waals surface area contributed by atoms with Gasteiger partial charge in [0.05, 0.1) is 10.5 Å². The maximum Gasteiger partial charge on any atom is 0.269 e. The van der Waals surface area contributed by atoms with Gasteiger partial charge in [-0.1, -0.05) is 23.7 Å². The number of nitro groups is 1. The van der Waals surface area contributed by atoms with Crippen molar-refractivity contribution in [3.05, 3.63) is 104 Å². The monoisotopic (exact) mass is 407 g/mol. The molecule has 4 rings (SSSR count). The molecule has 6 nitrogen and oxygen atoms in total. The molecule has 0 saturated heterocycles. The van der Waals surface area contributed by atoms with Crippen molar-refractivity contribution in [2.24, 2.45) is 0 Å². The van der Waals surface area contributed by atoms with Crippen LogP contribution in [0.5, 0.6) is 11.5 Å². The van der Waals surface area contributed by atoms with Gasteiger partial charge in [0.1, 0.15) is 18.1 Å². The van der Waals surface area contributed by atoms with E-state index in [4.69, 9.17) is 21.1 Å². The first-order valence-electron chi connectivity index (χ1n) is 8.69. The molecule has 0 radical (unpaired) electrons. The summed E-state index contributed by atoms with van der Waals surface area (Å²) in [6.45, 7) is 0.234. The van der Waals surface area contributed by atoms with Crippen molar-refractivity contribution in [3.63, 3.8) is 0 Å². The number of fused-ring (bicyclic) bond motifs is 1. The molecule has 29 heavy (non-hydrogen) atoms. The third kappa shape index (κ3) is 4.12. The summed E-state index contributed by atoms with van der Waals surface area (Å²) in [6.07, 6.45) is 1.66. The van der Waals surface area contributed by atoms with Gasteiger partial charge in [-0.3, -0.25) is 14.9 Å². The molecule has 0 fully saturated rings. The minimum absolute atomic E-state index is 0.0261. The SMILES string of the molecule is O=C1C(=Cc2ccc(Cl)cc2)Oc2cc(OCc3ccc([N+](=O)[O-])cc3)ccc21. The molecule has 0 saturated carbocycles. The fourth-order valence-electron chi connectivity index (χ4n) is 2.85. The molecule has 0 atom stereocenters. The summed E-state index contributed by atoms with van der Waals surface area (Å²) in [5.74, 6) is 0.991. The molecule has 7 heteroatoms. The predicted octanol–water partition coefficient (Wildman–Crippen LogP) is 5.44. The average molecular weight is 408 g/mol. The lowest BCUT2D eigenvalue weighted by atomic mass is 10.1. The summed E-state index contributed by atoms with van der Waals surface area (Å²) < 4.78 is 11.4. The number of allylic oxidation sites excluding steroid dienone is 1. The molecular weight excluding hydrogens is 394 g/mol. The maximum atomic E-state index is 12.5. The first-order valence-corrected chi connectivity index (χ1v) is 9.07. The summed E-state index contributed by atoms with van der Waals surface area (Å²) in [5.41, 5.74) is 2.09. The summed E-state index contributed by atoms with van der Waals surface area (Å²) in [4.78, 5) is 22.8. The van der Waals surface area contributed by atoms with Crippen LogP contribution in [0.15, 0.2) is 72.5 Å². The van der Waals surface area contributed by atoms with Gasteiger partial charge in [-0.15, -0.1) is 0 Å². The second-order valence-electron chi connectivity index (χ2n) is 6.36. The highest BCUT2D eigenvalue weighted by molar-refractivity contribution is 6.30. The van der Waals surface area contributed by atoms with Crippen molar-refractivity contribution in [1.29, 1.82) is 0 Å². The number of nitro benzene ring substituents is 1. The van der Waals surface area contributed by atoms with Crippen LogP contribution in [0.3, 0.4) is 0 Å². The molecule has 3 aromatic rings. The Bertz CT molecular complexity index is 1120. The van der Waals surface area contributed by atoms with E-state index in [1.165, 1.54) is 12.1 Å². The van der Waals surface area contributed by atoms with Crippen molar-refractivity contribution < 1.29 is 19.2 Å². The zero-order chi connectivity index (χ0) is 20.4. The Kier molecular flexibility index (Phi) is 5.01. The standard InChI is InChI=1S/C22H14ClNO5/c23-16-5-1-14(2-6-16)11-21-22(25)19-10-9-18(12-20(19)29-21)28-13-15-3-7-17(8-4-15)24(26)27/h1-12H,13H2. The van der Waals surface area contributed by atoms with Crippen molar-refractivity contribution in [2.45, 2.75) is 6.61 Å². The van der Waals surface area contributed by atoms with Crippen LogP contribution in [-0.4, -0.2) is 10.7 Å². The Labute approximate surface area is 171 Å². The molecule has 0 N–H and O–H groups in total. The van der Waals surface area contributed by atoms with Crippen LogP contribution in [0.4, 0.5) is 5.69 Å². The molecular formula is C22H14ClNO5. The van der Waals surface area contributed by atoms with Gasteiger partial charge in [-0.25, -0.2) is 0 Å². The smallest absolute Gasteiger partial charge is 0.269 e. The fraction of sp³-hybridized carbons (Fsp3) is 0.0455. The quantitative estimate of drug-likeness (QED) is 0.319. The van der Waals surface area contributed by atoms with Gasteiger partial charge < -0.3 is 9.47 Å². The predicted molar refractivity (Wildman–Crippen MR) is 108 cm³/mol. The number of ketones is 1. The Balaban J connectivity index is 1.47. The third-order valence-corrected chi connectivity index (χ3v) is 4.61. The largest absolute Gasteiger partial charge is 0.489 e. The second-order valence-corrected chi connectivity index (χ2v) is 6.80. The van der Waals surface area contributed by atoms with E-state index in [0.29, 0.717) is 22.1 Å². The van der Waals surface area contributed by atoms with Crippen LogP contribution in [-0.2, 0) is 6.61 Å². The summed E-state index contributed by atoms with van der Waals surface area (Å²) in [6, 6.07) is 18.2. The number of benzene rings is 3. The number of ether oxygens (including phenoxy) is 2. The van der Waals surface area contributed by atoms with Gasteiger partial charge in [0.2, 0.25) is 5.78 Å². The van der Waals surface area contributed by atoms with E-state index in [0.717, 1.165) is 11.1 Å². The second kappa shape index (κ2) is 7.77. The van der Waals surface area contributed by atoms with Crippen molar-refractivity contribution in [3.8, 4) is 11.5 Å². The van der Waals surface area contributed by atoms with Crippen molar-refractivity contribution >= 4 is 29.1 Å². The number of Topliss-reactive ketones (excluding diaryl/α,β-unsaturated/α-hetero) is 1. The van der Waals surface area contributed by atoms with Gasteiger partial charge in [0, 0.05) is 23.2 Å². The Hall–Kier alpha value is -3.64. The van der Waals surface area contributed by atoms with Crippen LogP contribution >= 0.6 is 11.6 Å². The zero-order valence-corrected chi connectivity index (χ0v) is 15.8. The number of non-ortho nitro benzene ring substituents is 1. The van der Waals surface area contributed by atoms with Crippen LogP contribution in [0.25, 0.3) is 6.08 Å². The number of rotatable bonds is 5. The molecule has 0 unspecified atom stereocenters. The molecule has 0 amide bonds. The van der Waals surface area contributed by atoms with Gasteiger partial charge >= 0.3 is 0 Å². The van der Waals surface area contributed by atoms with E-state index in [1.807, 2.05) is 0 Å². The number of hydrogen-bond donors (Lipinski definition) is 0. The number of halogens is 1. The van der Waals surface area contributed by atoms with Crippen LogP contribution in [0.2, 0.25) is 5.02 Å². The van der Waals surface area contributed by atoms with Gasteiger partial charge in [-0.2, -0.15) is 0 Å². The molecule has 0 bridgehead atoms. The highest BCUT2D eigenvalue weighted by atomic mass is 35.5. The Morgan fingerprint density at radius 1 is 1.03 bits per heavy atom. The minimum Gasteiger partial charge on any atom is -0.489 e. The Morgan fingerprint density at radius 3 is 2.45 bits per heavy atom. The van der Waals surface area contributed by atoms with Gasteiger partial charge in [-0.05, 0) is 53.6 Å². The van der Waals surface area contributed by atoms with E-state index in [-0.39, 0.29) is 23.8 Å². The molecule has 0 aliphatic carbocycles. The van der Waals surface area contributed by atoms with E-state index in [2.05, 4.69) is 0 Å². The average Bonchev–Trinajstić information content (AvgIpc) is 3.03. The highest BCUT2D eigenvalue weighted by Gasteiger charge is 2.27. The number of hydrogen-bond acceptors (Lipinski definition) is 5. The van der Waals surface area contributed by atoms with Gasteiger partial charge in [0.15, 0.2) is 5.76 Å². The molecule has 1 aliphatic rings. The van der Waals surface area contributed by atoms with Crippen LogP contribution < -0.4 is 9.47 Å². The lowest BCUT2D eigenvalue weighted by Crippen LogP contribution is -1.98. The lowest BCUT2D eigenvalue weighted by molar-refractivity contribution is -0.384. The molecule has 3 aromatic carbocycles. The maximum absolute atomic E-state index is 12.5. The summed E-state index contributed by atoms with van der Waals surface area (Å²) in [5, 5.41) is 11.3. The zero-order valence-electron chi connectivity index (χ0n) is 15.0. The fourth-order valence-corrected chi connectivity index (χ4v) is 2.97. The molecule has 0 aromatic heterocycles. The lowest BCUT2D eigenvalue weighted by Gasteiger charge is -2.07. The molecule has 1 heterocycles. The highest BCUT2D eigenvalue weighted by Crippen LogP contribution is 2.35. The first kappa shape index (κ1) is 18.7. The van der Waals surface area contributed by atoms with Crippen LogP contribution in [0, 0.1) is 10.1 Å². The van der Waals surface area contributed by atoms with Crippen LogP contribution in [0.1, 0.15) is 21.5 Å². The van der Waals surface area contributed by atoms with E-state index >= 15 is 0 Å². The minimum atomic E-state index is -0.450. The van der Waals surface area contributed by atoms with E-state index < -0.39 is 4.92 Å². The molecule has 1 aliphatic heterocycles. The van der Waals surface area contributed by atoms with Gasteiger partial charge in [0.25, 0.3) is 5.69 Å². The topological polar surface area (TPSA) is 78.7 Å². The number of carbonyl (C=O) groups is 1.